The summed E-state index contributed by atoms with van der Waals surface area (Å²) < 4.78 is 5.38. The Labute approximate surface area is 85.7 Å². The number of rotatable bonds is 3. The average Bonchev–Trinajstić information content (AvgIpc) is 2.15. The Kier molecular flexibility index (Phi) is 3.84. The SMILES string of the molecule is C[C@H]1COCCN1C(C)(C)C=CC=O. The van der Waals surface area contributed by atoms with E-state index in [4.69, 9.17) is 4.74 Å². The number of nitrogens with zero attached hydrogens (tertiary/aromatic N) is 1. The van der Waals surface area contributed by atoms with Crippen molar-refractivity contribution in [1.29, 1.82) is 0 Å². The van der Waals surface area contributed by atoms with E-state index in [1.165, 1.54) is 0 Å². The molecule has 3 heteroatoms. The topological polar surface area (TPSA) is 29.5 Å². The zero-order chi connectivity index (χ0) is 10.6. The summed E-state index contributed by atoms with van der Waals surface area (Å²) in [5.41, 5.74) is -0.0654. The molecule has 3 nitrogen and oxygen atoms in total. The van der Waals surface area contributed by atoms with Crippen LogP contribution in [0.1, 0.15) is 20.8 Å². The van der Waals surface area contributed by atoms with E-state index in [1.807, 2.05) is 6.08 Å². The highest BCUT2D eigenvalue weighted by atomic mass is 16.5. The monoisotopic (exact) mass is 197 g/mol. The van der Waals surface area contributed by atoms with Gasteiger partial charge in [0.05, 0.1) is 13.2 Å². The van der Waals surface area contributed by atoms with Crippen LogP contribution in [0.15, 0.2) is 12.2 Å². The Morgan fingerprint density at radius 1 is 1.50 bits per heavy atom. The first kappa shape index (κ1) is 11.4. The van der Waals surface area contributed by atoms with Crippen LogP contribution in [0.3, 0.4) is 0 Å². The van der Waals surface area contributed by atoms with Gasteiger partial charge in [0.2, 0.25) is 0 Å². The fourth-order valence-electron chi connectivity index (χ4n) is 1.95. The van der Waals surface area contributed by atoms with E-state index in [2.05, 4.69) is 25.7 Å². The lowest BCUT2D eigenvalue weighted by molar-refractivity contribution is -0.104. The number of carbonyl (C=O) groups is 1. The van der Waals surface area contributed by atoms with Gasteiger partial charge < -0.3 is 4.74 Å². The van der Waals surface area contributed by atoms with Gasteiger partial charge in [0.15, 0.2) is 0 Å². The summed E-state index contributed by atoms with van der Waals surface area (Å²) >= 11 is 0. The minimum absolute atomic E-state index is 0.0654. The minimum atomic E-state index is -0.0654. The Hall–Kier alpha value is -0.670. The van der Waals surface area contributed by atoms with Crippen LogP contribution in [-0.2, 0) is 9.53 Å². The van der Waals surface area contributed by atoms with Gasteiger partial charge in [-0.1, -0.05) is 6.08 Å². The molecule has 0 radical (unpaired) electrons. The molecule has 0 aromatic rings. The molecule has 1 rings (SSSR count). The van der Waals surface area contributed by atoms with E-state index in [9.17, 15) is 4.79 Å². The van der Waals surface area contributed by atoms with Crippen LogP contribution >= 0.6 is 0 Å². The molecule has 1 aliphatic heterocycles. The third-order valence-electron chi connectivity index (χ3n) is 2.69. The van der Waals surface area contributed by atoms with Crippen molar-refractivity contribution in [2.45, 2.75) is 32.4 Å². The number of morpholine rings is 1. The van der Waals surface area contributed by atoms with Gasteiger partial charge in [-0.15, -0.1) is 0 Å². The van der Waals surface area contributed by atoms with E-state index >= 15 is 0 Å². The molecule has 0 spiro atoms. The lowest BCUT2D eigenvalue weighted by Gasteiger charge is -2.43. The summed E-state index contributed by atoms with van der Waals surface area (Å²) in [6, 6.07) is 0.412. The van der Waals surface area contributed by atoms with Crippen molar-refractivity contribution < 1.29 is 9.53 Å². The van der Waals surface area contributed by atoms with Gasteiger partial charge in [-0.25, -0.2) is 0 Å². The summed E-state index contributed by atoms with van der Waals surface area (Å²) in [4.78, 5) is 12.6. The highest BCUT2D eigenvalue weighted by Crippen LogP contribution is 2.21. The lowest BCUT2D eigenvalue weighted by Crippen LogP contribution is -2.53. The van der Waals surface area contributed by atoms with Crippen LogP contribution in [0.4, 0.5) is 0 Å². The standard InChI is InChI=1S/C11H19NO2/c1-10-9-14-8-6-12(10)11(2,3)5-4-7-13/h4-5,7,10H,6,8-9H2,1-3H3/t10-/m0/s1. The molecular formula is C11H19NO2. The number of aldehydes is 1. The average molecular weight is 197 g/mol. The smallest absolute Gasteiger partial charge is 0.142 e. The molecule has 1 aliphatic rings. The predicted molar refractivity (Wildman–Crippen MR) is 56.3 cm³/mol. The Morgan fingerprint density at radius 3 is 2.79 bits per heavy atom. The van der Waals surface area contributed by atoms with Crippen molar-refractivity contribution in [2.75, 3.05) is 19.8 Å². The third kappa shape index (κ3) is 2.66. The van der Waals surface area contributed by atoms with Crippen LogP contribution < -0.4 is 0 Å². The van der Waals surface area contributed by atoms with Gasteiger partial charge in [0.25, 0.3) is 0 Å². The molecular weight excluding hydrogens is 178 g/mol. The second kappa shape index (κ2) is 4.71. The van der Waals surface area contributed by atoms with Gasteiger partial charge in [0.1, 0.15) is 6.29 Å². The summed E-state index contributed by atoms with van der Waals surface area (Å²) in [6.07, 6.45) is 4.34. The van der Waals surface area contributed by atoms with Crippen molar-refractivity contribution in [3.63, 3.8) is 0 Å². The van der Waals surface area contributed by atoms with Crippen molar-refractivity contribution in [1.82, 2.24) is 4.90 Å². The molecule has 0 bridgehead atoms. The fraction of sp³-hybridized carbons (Fsp3) is 0.727. The first-order valence-electron chi connectivity index (χ1n) is 5.05. The maximum Gasteiger partial charge on any atom is 0.142 e. The maximum absolute atomic E-state index is 10.3. The van der Waals surface area contributed by atoms with Crippen LogP contribution in [0.5, 0.6) is 0 Å². The van der Waals surface area contributed by atoms with Gasteiger partial charge >= 0.3 is 0 Å². The summed E-state index contributed by atoms with van der Waals surface area (Å²) in [5.74, 6) is 0. The fourth-order valence-corrected chi connectivity index (χ4v) is 1.95. The van der Waals surface area contributed by atoms with E-state index < -0.39 is 0 Å². The third-order valence-corrected chi connectivity index (χ3v) is 2.69. The van der Waals surface area contributed by atoms with E-state index in [1.54, 1.807) is 6.08 Å². The molecule has 0 N–H and O–H groups in total. The molecule has 0 aromatic heterocycles. The molecule has 0 saturated carbocycles. The van der Waals surface area contributed by atoms with Crippen LogP contribution in [-0.4, -0.2) is 42.5 Å². The molecule has 1 atom stereocenters. The van der Waals surface area contributed by atoms with Crippen molar-refractivity contribution in [2.24, 2.45) is 0 Å². The number of hydrogen-bond donors (Lipinski definition) is 0. The normalized spacial score (nSPS) is 25.5. The zero-order valence-electron chi connectivity index (χ0n) is 9.19. The maximum atomic E-state index is 10.3. The molecule has 0 aliphatic carbocycles. The molecule has 1 heterocycles. The molecule has 14 heavy (non-hydrogen) atoms. The largest absolute Gasteiger partial charge is 0.379 e. The molecule has 1 saturated heterocycles. The quantitative estimate of drug-likeness (QED) is 0.503. The molecule has 0 amide bonds. The number of ether oxygens (including phenoxy) is 1. The Balaban J connectivity index is 2.68. The molecule has 0 aromatic carbocycles. The van der Waals surface area contributed by atoms with Crippen LogP contribution in [0.2, 0.25) is 0 Å². The number of hydrogen-bond acceptors (Lipinski definition) is 3. The summed E-state index contributed by atoms with van der Waals surface area (Å²) in [6.45, 7) is 8.87. The number of allylic oxidation sites excluding steroid dienone is 1. The van der Waals surface area contributed by atoms with Crippen LogP contribution in [0, 0.1) is 0 Å². The highest BCUT2D eigenvalue weighted by Gasteiger charge is 2.30. The predicted octanol–water partition coefficient (Wildman–Crippen LogP) is 1.24. The molecule has 80 valence electrons. The molecule has 0 unspecified atom stereocenters. The van der Waals surface area contributed by atoms with Crippen molar-refractivity contribution >= 4 is 6.29 Å². The van der Waals surface area contributed by atoms with Crippen LogP contribution in [0.25, 0.3) is 0 Å². The lowest BCUT2D eigenvalue weighted by atomic mass is 9.99. The first-order chi connectivity index (χ1) is 6.58. The Bertz CT molecular complexity index is 223. The summed E-state index contributed by atoms with van der Waals surface area (Å²) in [5, 5.41) is 0. The minimum Gasteiger partial charge on any atom is -0.379 e. The zero-order valence-corrected chi connectivity index (χ0v) is 9.19. The molecule has 1 fully saturated rings. The summed E-state index contributed by atoms with van der Waals surface area (Å²) in [7, 11) is 0. The van der Waals surface area contributed by atoms with Crippen molar-refractivity contribution in [3.05, 3.63) is 12.2 Å². The second-order valence-corrected chi connectivity index (χ2v) is 4.27. The van der Waals surface area contributed by atoms with Gasteiger partial charge in [-0.2, -0.15) is 0 Å². The van der Waals surface area contributed by atoms with E-state index in [-0.39, 0.29) is 5.54 Å². The van der Waals surface area contributed by atoms with Gasteiger partial charge in [-0.05, 0) is 26.8 Å². The van der Waals surface area contributed by atoms with E-state index in [0.717, 1.165) is 26.0 Å². The second-order valence-electron chi connectivity index (χ2n) is 4.27. The van der Waals surface area contributed by atoms with E-state index in [0.29, 0.717) is 6.04 Å². The van der Waals surface area contributed by atoms with Gasteiger partial charge in [0, 0.05) is 18.1 Å². The Morgan fingerprint density at radius 2 is 2.21 bits per heavy atom. The van der Waals surface area contributed by atoms with Gasteiger partial charge in [-0.3, -0.25) is 9.69 Å². The highest BCUT2D eigenvalue weighted by molar-refractivity contribution is 5.65. The van der Waals surface area contributed by atoms with Crippen molar-refractivity contribution in [3.8, 4) is 0 Å². The first-order valence-corrected chi connectivity index (χ1v) is 5.05. The number of carbonyl (C=O) groups excluding carboxylic acids is 1.